The predicted molar refractivity (Wildman–Crippen MR) is 94.2 cm³/mol. The maximum atomic E-state index is 12.5. The molecule has 4 nitrogen and oxygen atoms in total. The number of esters is 1. The minimum Gasteiger partial charge on any atom is -0.448 e. The molecule has 2 heterocycles. The van der Waals surface area contributed by atoms with E-state index in [1.165, 1.54) is 11.3 Å². The molecule has 1 amide bonds. The van der Waals surface area contributed by atoms with Gasteiger partial charge in [0, 0.05) is 17.1 Å². The fourth-order valence-electron chi connectivity index (χ4n) is 2.66. The van der Waals surface area contributed by atoms with E-state index in [4.69, 9.17) is 4.74 Å². The van der Waals surface area contributed by atoms with Crippen LogP contribution in [0.5, 0.6) is 0 Å². The van der Waals surface area contributed by atoms with Crippen molar-refractivity contribution >= 4 is 55.1 Å². The van der Waals surface area contributed by atoms with Crippen molar-refractivity contribution in [1.82, 2.24) is 4.90 Å². The number of likely N-dealkylation sites (tertiary alicyclic amines) is 1. The highest BCUT2D eigenvalue weighted by Gasteiger charge is 2.30. The summed E-state index contributed by atoms with van der Waals surface area (Å²) in [5.41, 5.74) is 0. The molecule has 1 aromatic rings. The number of piperidine rings is 1. The van der Waals surface area contributed by atoms with Crippen molar-refractivity contribution in [2.45, 2.75) is 51.7 Å². The molecule has 1 aliphatic rings. The first-order valence-corrected chi connectivity index (χ1v) is 9.80. The van der Waals surface area contributed by atoms with Crippen LogP contribution in [0.15, 0.2) is 14.3 Å². The molecule has 0 spiro atoms. The quantitative estimate of drug-likeness (QED) is 0.626. The maximum Gasteiger partial charge on any atom is 0.349 e. The average Bonchev–Trinajstić information content (AvgIpc) is 2.86. The third-order valence-corrected chi connectivity index (χ3v) is 7.10. The van der Waals surface area contributed by atoms with Gasteiger partial charge in [0.05, 0.1) is 3.79 Å². The second kappa shape index (κ2) is 7.93. The highest BCUT2D eigenvalue weighted by molar-refractivity contribution is 9.13. The molecule has 2 unspecified atom stereocenters. The van der Waals surface area contributed by atoms with Gasteiger partial charge in [-0.3, -0.25) is 4.79 Å². The SMILES string of the molecule is CCC1CCCCN1C(=O)C(C)OC(=O)c1cc(Br)c(Br)s1. The van der Waals surface area contributed by atoms with Gasteiger partial charge in [-0.2, -0.15) is 0 Å². The van der Waals surface area contributed by atoms with Crippen LogP contribution in [0.3, 0.4) is 0 Å². The molecule has 1 saturated heterocycles. The van der Waals surface area contributed by atoms with Gasteiger partial charge in [-0.05, 0) is 70.5 Å². The Kier molecular flexibility index (Phi) is 6.46. The predicted octanol–water partition coefficient (Wildman–Crippen LogP) is 4.61. The van der Waals surface area contributed by atoms with Crippen LogP contribution < -0.4 is 0 Å². The van der Waals surface area contributed by atoms with Crippen molar-refractivity contribution in [2.24, 2.45) is 0 Å². The fourth-order valence-corrected chi connectivity index (χ4v) is 4.58. The zero-order valence-corrected chi connectivity index (χ0v) is 16.6. The lowest BCUT2D eigenvalue weighted by molar-refractivity contribution is -0.143. The molecular formula is C15H19Br2NO3S. The molecule has 2 rings (SSSR count). The summed E-state index contributed by atoms with van der Waals surface area (Å²) < 4.78 is 7.00. The summed E-state index contributed by atoms with van der Waals surface area (Å²) in [6.45, 7) is 4.50. The lowest BCUT2D eigenvalue weighted by Gasteiger charge is -2.36. The van der Waals surface area contributed by atoms with Crippen LogP contribution in [-0.2, 0) is 9.53 Å². The normalized spacial score (nSPS) is 19.8. The van der Waals surface area contributed by atoms with Gasteiger partial charge >= 0.3 is 5.97 Å². The van der Waals surface area contributed by atoms with E-state index in [1.54, 1.807) is 13.0 Å². The van der Waals surface area contributed by atoms with Crippen LogP contribution in [0.25, 0.3) is 0 Å². The van der Waals surface area contributed by atoms with Crippen molar-refractivity contribution < 1.29 is 14.3 Å². The minimum absolute atomic E-state index is 0.0883. The van der Waals surface area contributed by atoms with Crippen molar-refractivity contribution in [1.29, 1.82) is 0 Å². The van der Waals surface area contributed by atoms with E-state index in [9.17, 15) is 9.59 Å². The number of halogens is 2. The number of rotatable bonds is 4. The van der Waals surface area contributed by atoms with Gasteiger partial charge in [0.2, 0.25) is 0 Å². The molecule has 1 aliphatic heterocycles. The number of carbonyl (C=O) groups is 2. The lowest BCUT2D eigenvalue weighted by atomic mass is 9.99. The molecule has 0 aliphatic carbocycles. The average molecular weight is 453 g/mol. The zero-order chi connectivity index (χ0) is 16.3. The highest BCUT2D eigenvalue weighted by Crippen LogP contribution is 2.33. The van der Waals surface area contributed by atoms with Gasteiger partial charge in [0.15, 0.2) is 6.10 Å². The monoisotopic (exact) mass is 451 g/mol. The Morgan fingerprint density at radius 2 is 2.18 bits per heavy atom. The van der Waals surface area contributed by atoms with Crippen molar-refractivity contribution in [3.8, 4) is 0 Å². The molecule has 0 aromatic carbocycles. The molecule has 1 aromatic heterocycles. The minimum atomic E-state index is -0.751. The van der Waals surface area contributed by atoms with E-state index in [0.29, 0.717) is 4.88 Å². The molecule has 1 fully saturated rings. The first-order chi connectivity index (χ1) is 10.4. The van der Waals surface area contributed by atoms with E-state index in [0.717, 1.165) is 40.5 Å². The van der Waals surface area contributed by atoms with Crippen LogP contribution >= 0.6 is 43.2 Å². The summed E-state index contributed by atoms with van der Waals surface area (Å²) in [5, 5.41) is 0. The Balaban J connectivity index is 1.99. The summed E-state index contributed by atoms with van der Waals surface area (Å²) in [6.07, 6.45) is 3.41. The summed E-state index contributed by atoms with van der Waals surface area (Å²) in [5.74, 6) is -0.545. The number of amides is 1. The van der Waals surface area contributed by atoms with Gasteiger partial charge in [0.1, 0.15) is 4.88 Å². The molecule has 122 valence electrons. The number of ether oxygens (including phenoxy) is 1. The smallest absolute Gasteiger partial charge is 0.349 e. The van der Waals surface area contributed by atoms with Crippen LogP contribution in [0.1, 0.15) is 49.2 Å². The third-order valence-electron chi connectivity index (χ3n) is 3.86. The first-order valence-electron chi connectivity index (χ1n) is 7.40. The molecule has 2 atom stereocenters. The lowest BCUT2D eigenvalue weighted by Crippen LogP contribution is -2.48. The van der Waals surface area contributed by atoms with Crippen LogP contribution in [0.2, 0.25) is 0 Å². The third kappa shape index (κ3) is 4.11. The molecular weight excluding hydrogens is 434 g/mol. The van der Waals surface area contributed by atoms with Gasteiger partial charge in [-0.15, -0.1) is 11.3 Å². The Hall–Kier alpha value is -0.400. The number of hydrogen-bond acceptors (Lipinski definition) is 4. The van der Waals surface area contributed by atoms with Crippen LogP contribution in [0, 0.1) is 0 Å². The molecule has 0 saturated carbocycles. The Labute approximate surface area is 151 Å². The van der Waals surface area contributed by atoms with E-state index >= 15 is 0 Å². The molecule has 0 bridgehead atoms. The fraction of sp³-hybridized carbons (Fsp3) is 0.600. The molecule has 0 N–H and O–H groups in total. The summed E-state index contributed by atoms with van der Waals surface area (Å²) >= 11 is 7.98. The second-order valence-electron chi connectivity index (χ2n) is 5.37. The van der Waals surface area contributed by atoms with Gasteiger partial charge < -0.3 is 9.64 Å². The zero-order valence-electron chi connectivity index (χ0n) is 12.6. The van der Waals surface area contributed by atoms with Gasteiger partial charge in [0.25, 0.3) is 5.91 Å². The molecule has 7 heteroatoms. The van der Waals surface area contributed by atoms with E-state index in [-0.39, 0.29) is 11.9 Å². The number of hydrogen-bond donors (Lipinski definition) is 0. The van der Waals surface area contributed by atoms with Gasteiger partial charge in [-0.1, -0.05) is 6.92 Å². The number of carbonyl (C=O) groups excluding carboxylic acids is 2. The van der Waals surface area contributed by atoms with E-state index in [1.807, 2.05) is 4.90 Å². The van der Waals surface area contributed by atoms with Crippen molar-refractivity contribution in [3.05, 3.63) is 19.2 Å². The highest BCUT2D eigenvalue weighted by atomic mass is 79.9. The van der Waals surface area contributed by atoms with Gasteiger partial charge in [-0.25, -0.2) is 4.79 Å². The Morgan fingerprint density at radius 3 is 2.77 bits per heavy atom. The largest absolute Gasteiger partial charge is 0.448 e. The van der Waals surface area contributed by atoms with Crippen molar-refractivity contribution in [3.63, 3.8) is 0 Å². The Bertz CT molecular complexity index is 541. The van der Waals surface area contributed by atoms with Crippen molar-refractivity contribution in [2.75, 3.05) is 6.54 Å². The standard InChI is InChI=1S/C15H19Br2NO3S/c1-3-10-6-4-5-7-18(10)14(19)9(2)21-15(20)12-8-11(16)13(17)22-12/h8-10H,3-7H2,1-2H3. The summed E-state index contributed by atoms with van der Waals surface area (Å²) in [7, 11) is 0. The molecule has 0 radical (unpaired) electrons. The second-order valence-corrected chi connectivity index (χ2v) is 8.59. The Morgan fingerprint density at radius 1 is 1.45 bits per heavy atom. The maximum absolute atomic E-state index is 12.5. The molecule has 22 heavy (non-hydrogen) atoms. The van der Waals surface area contributed by atoms with Crippen LogP contribution in [0.4, 0.5) is 0 Å². The summed E-state index contributed by atoms with van der Waals surface area (Å²) in [6, 6.07) is 1.97. The first kappa shape index (κ1) is 17.9. The van der Waals surface area contributed by atoms with E-state index in [2.05, 4.69) is 38.8 Å². The summed E-state index contributed by atoms with van der Waals surface area (Å²) in [4.78, 5) is 27.0. The number of nitrogens with zero attached hydrogens (tertiary/aromatic N) is 1. The van der Waals surface area contributed by atoms with E-state index < -0.39 is 12.1 Å². The number of thiophene rings is 1. The van der Waals surface area contributed by atoms with Crippen LogP contribution in [-0.4, -0.2) is 35.5 Å². The topological polar surface area (TPSA) is 46.6 Å².